The lowest BCUT2D eigenvalue weighted by Crippen LogP contribution is -2.24. The summed E-state index contributed by atoms with van der Waals surface area (Å²) >= 11 is 0. The molecule has 0 aliphatic rings. The summed E-state index contributed by atoms with van der Waals surface area (Å²) in [4.78, 5) is 22.0. The molecule has 1 unspecified atom stereocenters. The second kappa shape index (κ2) is 14.9. The number of benzene rings is 1. The fraction of sp³-hybridized carbons (Fsp3) is 0.630. The van der Waals surface area contributed by atoms with Crippen LogP contribution in [0.3, 0.4) is 0 Å². The first-order chi connectivity index (χ1) is 16.4. The third kappa shape index (κ3) is 12.3. The summed E-state index contributed by atoms with van der Waals surface area (Å²) in [7, 11) is 1.47. The lowest BCUT2D eigenvalue weighted by Gasteiger charge is -2.20. The van der Waals surface area contributed by atoms with Crippen LogP contribution in [0.1, 0.15) is 66.2 Å². The van der Waals surface area contributed by atoms with Gasteiger partial charge in [-0.05, 0) is 50.2 Å². The Morgan fingerprint density at radius 3 is 2.23 bits per heavy atom. The molecule has 0 aliphatic heterocycles. The molecule has 198 valence electrons. The number of aldehydes is 1. The van der Waals surface area contributed by atoms with Gasteiger partial charge in [0, 0.05) is 19.1 Å². The van der Waals surface area contributed by atoms with Crippen molar-refractivity contribution < 1.29 is 31.9 Å². The number of alkyl halides is 3. The van der Waals surface area contributed by atoms with Crippen LogP contribution in [0.2, 0.25) is 0 Å². The van der Waals surface area contributed by atoms with Crippen molar-refractivity contribution in [2.45, 2.75) is 72.4 Å². The predicted molar refractivity (Wildman–Crippen MR) is 132 cm³/mol. The number of carbonyl (C=O) groups excluding carboxylic acids is 1. The number of ether oxygens (including phenoxy) is 2. The second-order valence-corrected chi connectivity index (χ2v) is 9.83. The van der Waals surface area contributed by atoms with Crippen molar-refractivity contribution >= 4 is 17.3 Å². The average Bonchev–Trinajstić information content (AvgIpc) is 2.79. The lowest BCUT2D eigenvalue weighted by atomic mass is 9.87. The van der Waals surface area contributed by atoms with E-state index in [1.807, 2.05) is 13.8 Å². The number of hydrogen-bond acceptors (Lipinski definition) is 5. The molecule has 0 aliphatic carbocycles. The summed E-state index contributed by atoms with van der Waals surface area (Å²) in [6.45, 7) is 8.76. The Kier molecular flexibility index (Phi) is 13.1. The number of para-hydroxylation sites is 1. The second-order valence-electron chi connectivity index (χ2n) is 9.83. The van der Waals surface area contributed by atoms with Gasteiger partial charge in [-0.25, -0.2) is 4.79 Å². The Labute approximate surface area is 206 Å². The highest BCUT2D eigenvalue weighted by molar-refractivity contribution is 5.82. The van der Waals surface area contributed by atoms with Crippen molar-refractivity contribution in [3.63, 3.8) is 0 Å². The highest BCUT2D eigenvalue weighted by Gasteiger charge is 2.38. The molecule has 8 heteroatoms. The van der Waals surface area contributed by atoms with Gasteiger partial charge in [0.2, 0.25) is 0 Å². The largest absolute Gasteiger partial charge is 0.493 e. The zero-order valence-electron chi connectivity index (χ0n) is 21.5. The summed E-state index contributed by atoms with van der Waals surface area (Å²) in [5.74, 6) is -0.335. The SMILES string of the molecule is CC(C)CCC(C)(C)C=O.COCCCC(CCCOc1cc(=O)oc2ccccc12)C(F)(F)F. The maximum atomic E-state index is 13.0. The van der Waals surface area contributed by atoms with Crippen LogP contribution in [0.5, 0.6) is 5.75 Å². The van der Waals surface area contributed by atoms with E-state index in [4.69, 9.17) is 13.9 Å². The zero-order chi connectivity index (χ0) is 26.5. The van der Waals surface area contributed by atoms with Crippen molar-refractivity contribution in [2.24, 2.45) is 17.3 Å². The molecule has 0 radical (unpaired) electrons. The van der Waals surface area contributed by atoms with Crippen LogP contribution >= 0.6 is 0 Å². The van der Waals surface area contributed by atoms with Crippen molar-refractivity contribution in [3.8, 4) is 5.75 Å². The molecule has 35 heavy (non-hydrogen) atoms. The molecule has 0 fully saturated rings. The third-order valence-electron chi connectivity index (χ3n) is 5.62. The van der Waals surface area contributed by atoms with E-state index >= 15 is 0 Å². The van der Waals surface area contributed by atoms with Crippen molar-refractivity contribution in [1.29, 1.82) is 0 Å². The molecular weight excluding hydrogens is 461 g/mol. The number of halogens is 3. The number of rotatable bonds is 13. The zero-order valence-corrected chi connectivity index (χ0v) is 21.5. The van der Waals surface area contributed by atoms with Crippen molar-refractivity contribution in [1.82, 2.24) is 0 Å². The first-order valence-corrected chi connectivity index (χ1v) is 12.1. The number of carbonyl (C=O) groups is 1. The topological polar surface area (TPSA) is 65.7 Å². The monoisotopic (exact) mass is 500 g/mol. The predicted octanol–water partition coefficient (Wildman–Crippen LogP) is 7.20. The smallest absolute Gasteiger partial charge is 0.391 e. The molecule has 1 aromatic carbocycles. The summed E-state index contributed by atoms with van der Waals surface area (Å²) in [5, 5.41) is 0.620. The van der Waals surface area contributed by atoms with Crippen LogP contribution < -0.4 is 10.4 Å². The molecule has 1 atom stereocenters. The number of hydrogen-bond donors (Lipinski definition) is 0. The maximum absolute atomic E-state index is 13.0. The molecule has 0 saturated carbocycles. The van der Waals surface area contributed by atoms with Gasteiger partial charge < -0.3 is 18.7 Å². The van der Waals surface area contributed by atoms with Crippen LogP contribution in [0, 0.1) is 17.3 Å². The van der Waals surface area contributed by atoms with E-state index in [1.165, 1.54) is 13.2 Å². The molecule has 1 aromatic heterocycles. The Morgan fingerprint density at radius 2 is 1.66 bits per heavy atom. The van der Waals surface area contributed by atoms with Crippen LogP contribution in [-0.4, -0.2) is 32.8 Å². The van der Waals surface area contributed by atoms with Gasteiger partial charge >= 0.3 is 11.8 Å². The fourth-order valence-electron chi connectivity index (χ4n) is 3.38. The quantitative estimate of drug-likeness (QED) is 0.165. The van der Waals surface area contributed by atoms with Gasteiger partial charge in [0.15, 0.2) is 0 Å². The molecule has 0 amide bonds. The minimum Gasteiger partial charge on any atom is -0.493 e. The van der Waals surface area contributed by atoms with Gasteiger partial charge in [0.1, 0.15) is 17.6 Å². The average molecular weight is 501 g/mol. The molecule has 0 bridgehead atoms. The molecular formula is C27H39F3O5. The van der Waals surface area contributed by atoms with Gasteiger partial charge in [0.05, 0.1) is 24.0 Å². The van der Waals surface area contributed by atoms with E-state index in [-0.39, 0.29) is 31.3 Å². The van der Waals surface area contributed by atoms with Gasteiger partial charge in [-0.15, -0.1) is 0 Å². The molecule has 2 aromatic rings. The van der Waals surface area contributed by atoms with Gasteiger partial charge in [-0.2, -0.15) is 13.2 Å². The first kappa shape index (κ1) is 30.7. The maximum Gasteiger partial charge on any atom is 0.391 e. The summed E-state index contributed by atoms with van der Waals surface area (Å²) in [5.41, 5.74) is -0.274. The third-order valence-corrected chi connectivity index (χ3v) is 5.62. The van der Waals surface area contributed by atoms with E-state index in [1.54, 1.807) is 24.3 Å². The van der Waals surface area contributed by atoms with Gasteiger partial charge in [0.25, 0.3) is 0 Å². The molecule has 0 N–H and O–H groups in total. The number of methoxy groups -OCH3 is 1. The van der Waals surface area contributed by atoms with Crippen molar-refractivity contribution in [3.05, 3.63) is 40.8 Å². The van der Waals surface area contributed by atoms with E-state index in [0.29, 0.717) is 35.7 Å². The standard InChI is InChI=1S/C18H21F3O4.C9H18O/c1-23-10-4-6-13(18(19,20)21)7-5-11-24-16-12-17(22)25-15-9-3-2-8-14(15)16;1-8(2)5-6-9(3,4)7-10/h2-3,8-9,12-13H,4-7,10-11H2,1H3;7-8H,5-6H2,1-4H3. The highest BCUT2D eigenvalue weighted by Crippen LogP contribution is 2.33. The minimum atomic E-state index is -4.23. The molecule has 5 nitrogen and oxygen atoms in total. The molecule has 1 heterocycles. The van der Waals surface area contributed by atoms with Crippen LogP contribution in [0.15, 0.2) is 39.5 Å². The van der Waals surface area contributed by atoms with E-state index < -0.39 is 17.7 Å². The van der Waals surface area contributed by atoms with Crippen LogP contribution in [-0.2, 0) is 9.53 Å². The Hall–Kier alpha value is -2.35. The van der Waals surface area contributed by atoms with Gasteiger partial charge in [-0.1, -0.05) is 46.2 Å². The summed E-state index contributed by atoms with van der Waals surface area (Å²) in [6.07, 6.45) is -0.400. The minimum absolute atomic E-state index is 0.0212. The summed E-state index contributed by atoms with van der Waals surface area (Å²) < 4.78 is 54.5. The van der Waals surface area contributed by atoms with Gasteiger partial charge in [-0.3, -0.25) is 0 Å². The van der Waals surface area contributed by atoms with Crippen molar-refractivity contribution in [2.75, 3.05) is 20.3 Å². The van der Waals surface area contributed by atoms with E-state index in [0.717, 1.165) is 19.1 Å². The summed E-state index contributed by atoms with van der Waals surface area (Å²) in [6, 6.07) is 8.08. The Bertz CT molecular complexity index is 934. The number of fused-ring (bicyclic) bond motifs is 1. The normalized spacial score (nSPS) is 12.8. The van der Waals surface area contributed by atoms with Crippen LogP contribution in [0.25, 0.3) is 11.0 Å². The molecule has 2 rings (SSSR count). The van der Waals surface area contributed by atoms with Crippen LogP contribution in [0.4, 0.5) is 13.2 Å². The Morgan fingerprint density at radius 1 is 1.03 bits per heavy atom. The highest BCUT2D eigenvalue weighted by atomic mass is 19.4. The van der Waals surface area contributed by atoms with E-state index in [2.05, 4.69) is 13.8 Å². The fourth-order valence-corrected chi connectivity index (χ4v) is 3.38. The van der Waals surface area contributed by atoms with E-state index in [9.17, 15) is 22.8 Å². The molecule has 0 saturated heterocycles. The first-order valence-electron chi connectivity index (χ1n) is 12.1. The Balaban J connectivity index is 0.000000518. The lowest BCUT2D eigenvalue weighted by molar-refractivity contribution is -0.179. The molecule has 0 spiro atoms.